The van der Waals surface area contributed by atoms with Gasteiger partial charge in [-0.05, 0) is 25.0 Å². The monoisotopic (exact) mass is 265 g/mol. The first-order chi connectivity index (χ1) is 9.08. The molecule has 1 aliphatic carbocycles. The maximum atomic E-state index is 13.3. The van der Waals surface area contributed by atoms with E-state index in [1.807, 2.05) is 10.9 Å². The first-order valence-corrected chi connectivity index (χ1v) is 5.73. The minimum atomic E-state index is -0.989. The molecule has 0 saturated heterocycles. The van der Waals surface area contributed by atoms with E-state index in [-0.39, 0.29) is 11.6 Å². The number of amides is 3. The van der Waals surface area contributed by atoms with E-state index in [4.69, 9.17) is 0 Å². The van der Waals surface area contributed by atoms with E-state index < -0.39 is 23.5 Å². The van der Waals surface area contributed by atoms with Gasteiger partial charge in [-0.2, -0.15) is 0 Å². The van der Waals surface area contributed by atoms with Gasteiger partial charge in [0.2, 0.25) is 0 Å². The zero-order valence-electron chi connectivity index (χ0n) is 9.90. The summed E-state index contributed by atoms with van der Waals surface area (Å²) < 4.78 is 13.3. The lowest BCUT2D eigenvalue weighted by atomic mass is 10.2. The van der Waals surface area contributed by atoms with Crippen LogP contribution in [0.4, 0.5) is 4.39 Å². The van der Waals surface area contributed by atoms with Gasteiger partial charge in [-0.15, -0.1) is 0 Å². The van der Waals surface area contributed by atoms with Crippen LogP contribution in [-0.4, -0.2) is 23.8 Å². The number of hydrogen-bond donors (Lipinski definition) is 3. The highest BCUT2D eigenvalue weighted by Crippen LogP contribution is 2.18. The maximum Gasteiger partial charge on any atom is 0.327 e. The molecule has 0 bridgehead atoms. The van der Waals surface area contributed by atoms with Crippen molar-refractivity contribution in [1.29, 1.82) is 0 Å². The largest absolute Gasteiger partial charge is 0.345 e. The second kappa shape index (κ2) is 5.47. The van der Waals surface area contributed by atoms with Crippen LogP contribution in [-0.2, 0) is 9.59 Å². The second-order valence-electron chi connectivity index (χ2n) is 4.14. The highest BCUT2D eigenvalue weighted by Gasteiger charge is 2.26. The van der Waals surface area contributed by atoms with Crippen LogP contribution < -0.4 is 16.2 Å². The summed E-state index contributed by atoms with van der Waals surface area (Å²) in [5, 5.41) is 2.45. The molecule has 0 aliphatic heterocycles. The molecule has 1 saturated carbocycles. The Balaban J connectivity index is 1.84. The van der Waals surface area contributed by atoms with E-state index in [9.17, 15) is 18.8 Å². The Morgan fingerprint density at radius 3 is 2.37 bits per heavy atom. The summed E-state index contributed by atoms with van der Waals surface area (Å²) in [7, 11) is 0. The van der Waals surface area contributed by atoms with E-state index >= 15 is 0 Å². The van der Waals surface area contributed by atoms with Gasteiger partial charge in [-0.3, -0.25) is 25.2 Å². The van der Waals surface area contributed by atoms with E-state index in [0.29, 0.717) is 0 Å². The molecule has 2 rings (SSSR count). The first kappa shape index (κ1) is 13.0. The van der Waals surface area contributed by atoms with Crippen molar-refractivity contribution in [1.82, 2.24) is 16.2 Å². The molecule has 3 amide bonds. The minimum absolute atomic E-state index is 0.0421. The Labute approximate surface area is 108 Å². The number of rotatable bonds is 2. The molecule has 0 atom stereocenters. The van der Waals surface area contributed by atoms with Crippen molar-refractivity contribution in [2.24, 2.45) is 0 Å². The van der Waals surface area contributed by atoms with Crippen LogP contribution in [0.1, 0.15) is 23.2 Å². The molecule has 3 N–H and O–H groups in total. The van der Waals surface area contributed by atoms with Crippen LogP contribution in [0.2, 0.25) is 0 Å². The normalized spacial score (nSPS) is 13.5. The van der Waals surface area contributed by atoms with Crippen molar-refractivity contribution in [3.05, 3.63) is 35.6 Å². The fraction of sp³-hybridized carbons (Fsp3) is 0.250. The number of hydrogen-bond acceptors (Lipinski definition) is 3. The fourth-order valence-corrected chi connectivity index (χ4v) is 1.36. The average Bonchev–Trinajstić information content (AvgIpc) is 3.20. The molecule has 6 nitrogen and oxygen atoms in total. The van der Waals surface area contributed by atoms with Crippen molar-refractivity contribution >= 4 is 17.7 Å². The van der Waals surface area contributed by atoms with Crippen molar-refractivity contribution in [2.45, 2.75) is 18.9 Å². The van der Waals surface area contributed by atoms with Crippen LogP contribution in [0.15, 0.2) is 24.3 Å². The molecule has 0 radical (unpaired) electrons. The number of benzene rings is 1. The lowest BCUT2D eigenvalue weighted by molar-refractivity contribution is -0.139. The summed E-state index contributed by atoms with van der Waals surface area (Å²) in [6.45, 7) is 0. The highest BCUT2D eigenvalue weighted by atomic mass is 19.1. The zero-order chi connectivity index (χ0) is 13.8. The fourth-order valence-electron chi connectivity index (χ4n) is 1.36. The van der Waals surface area contributed by atoms with Gasteiger partial charge in [0, 0.05) is 6.04 Å². The summed E-state index contributed by atoms with van der Waals surface area (Å²) >= 11 is 0. The molecular formula is C12H12FN3O3. The van der Waals surface area contributed by atoms with Crippen LogP contribution in [0.3, 0.4) is 0 Å². The van der Waals surface area contributed by atoms with Gasteiger partial charge >= 0.3 is 11.8 Å². The number of nitrogens with one attached hydrogen (secondary N) is 3. The Morgan fingerprint density at radius 2 is 1.74 bits per heavy atom. The molecule has 19 heavy (non-hydrogen) atoms. The highest BCUT2D eigenvalue weighted by molar-refractivity contribution is 6.35. The molecule has 7 heteroatoms. The van der Waals surface area contributed by atoms with Crippen LogP contribution in [0, 0.1) is 5.82 Å². The van der Waals surface area contributed by atoms with Crippen molar-refractivity contribution in [2.75, 3.05) is 0 Å². The summed E-state index contributed by atoms with van der Waals surface area (Å²) in [5.74, 6) is -3.35. The van der Waals surface area contributed by atoms with Crippen molar-refractivity contribution < 1.29 is 18.8 Å². The lowest BCUT2D eigenvalue weighted by Crippen LogP contribution is -2.49. The van der Waals surface area contributed by atoms with Crippen molar-refractivity contribution in [3.63, 3.8) is 0 Å². The Kier molecular flexibility index (Phi) is 3.74. The van der Waals surface area contributed by atoms with E-state index in [0.717, 1.165) is 18.9 Å². The van der Waals surface area contributed by atoms with Gasteiger partial charge in [0.15, 0.2) is 0 Å². The van der Waals surface area contributed by atoms with Crippen LogP contribution in [0.25, 0.3) is 0 Å². The predicted molar refractivity (Wildman–Crippen MR) is 63.2 cm³/mol. The third-order valence-corrected chi connectivity index (χ3v) is 2.53. The first-order valence-electron chi connectivity index (χ1n) is 5.73. The smallest absolute Gasteiger partial charge is 0.327 e. The molecule has 1 aromatic rings. The number of halogens is 1. The summed E-state index contributed by atoms with van der Waals surface area (Å²) in [6, 6.07) is 5.35. The topological polar surface area (TPSA) is 87.3 Å². The third-order valence-electron chi connectivity index (χ3n) is 2.53. The summed E-state index contributed by atoms with van der Waals surface area (Å²) in [4.78, 5) is 34.1. The SMILES string of the molecule is O=C(NNC(=O)c1ccccc1F)C(=O)NC1CC1. The lowest BCUT2D eigenvalue weighted by Gasteiger charge is -2.07. The second-order valence-corrected chi connectivity index (χ2v) is 4.14. The number of carbonyl (C=O) groups is 3. The van der Waals surface area contributed by atoms with Gasteiger partial charge < -0.3 is 5.32 Å². The van der Waals surface area contributed by atoms with Gasteiger partial charge in [0.05, 0.1) is 5.56 Å². The molecule has 1 aliphatic rings. The molecule has 1 fully saturated rings. The van der Waals surface area contributed by atoms with E-state index in [1.54, 1.807) is 0 Å². The van der Waals surface area contributed by atoms with Crippen LogP contribution in [0.5, 0.6) is 0 Å². The van der Waals surface area contributed by atoms with Gasteiger partial charge in [0.1, 0.15) is 5.82 Å². The summed E-state index contributed by atoms with van der Waals surface area (Å²) in [6.07, 6.45) is 1.70. The van der Waals surface area contributed by atoms with Gasteiger partial charge in [-0.25, -0.2) is 4.39 Å². The maximum absolute atomic E-state index is 13.3. The van der Waals surface area contributed by atoms with Crippen molar-refractivity contribution in [3.8, 4) is 0 Å². The average molecular weight is 265 g/mol. The predicted octanol–water partition coefficient (Wildman–Crippen LogP) is -0.135. The van der Waals surface area contributed by atoms with E-state index in [1.165, 1.54) is 18.2 Å². The summed E-state index contributed by atoms with van der Waals surface area (Å²) in [5.41, 5.74) is 3.68. The number of carbonyl (C=O) groups excluding carboxylic acids is 3. The standard InChI is InChI=1S/C12H12FN3O3/c13-9-4-2-1-3-8(9)10(17)15-16-12(19)11(18)14-7-5-6-7/h1-4,7H,5-6H2,(H,14,18)(H,15,17)(H,16,19). The molecule has 0 heterocycles. The Hall–Kier alpha value is -2.44. The molecule has 100 valence electrons. The van der Waals surface area contributed by atoms with E-state index in [2.05, 4.69) is 5.32 Å². The number of hydrazine groups is 1. The Morgan fingerprint density at radius 1 is 1.05 bits per heavy atom. The molecule has 0 aromatic heterocycles. The third kappa shape index (κ3) is 3.51. The van der Waals surface area contributed by atoms with Crippen LogP contribution >= 0.6 is 0 Å². The molecule has 0 spiro atoms. The molecular weight excluding hydrogens is 253 g/mol. The van der Waals surface area contributed by atoms with Gasteiger partial charge in [-0.1, -0.05) is 12.1 Å². The molecule has 1 aromatic carbocycles. The Bertz CT molecular complexity index is 529. The quantitative estimate of drug-likeness (QED) is 0.514. The van der Waals surface area contributed by atoms with Gasteiger partial charge in [0.25, 0.3) is 5.91 Å². The minimum Gasteiger partial charge on any atom is -0.345 e. The molecule has 0 unspecified atom stereocenters. The zero-order valence-corrected chi connectivity index (χ0v) is 9.90.